The Labute approximate surface area is 112 Å². The number of nitrogens with zero attached hydrogens (tertiary/aromatic N) is 2. The van der Waals surface area contributed by atoms with Crippen LogP contribution in [0.3, 0.4) is 0 Å². The fraction of sp³-hybridized carbons (Fsp3) is 0.286. The summed E-state index contributed by atoms with van der Waals surface area (Å²) in [5.41, 5.74) is 8.37. The van der Waals surface area contributed by atoms with E-state index in [1.165, 1.54) is 16.0 Å². The lowest BCUT2D eigenvalue weighted by Crippen LogP contribution is -1.99. The van der Waals surface area contributed by atoms with Crippen molar-refractivity contribution in [2.24, 2.45) is 0 Å². The van der Waals surface area contributed by atoms with Gasteiger partial charge in [-0.1, -0.05) is 24.8 Å². The summed E-state index contributed by atoms with van der Waals surface area (Å²) >= 11 is 1.62. The van der Waals surface area contributed by atoms with Gasteiger partial charge in [-0.05, 0) is 37.1 Å². The van der Waals surface area contributed by atoms with Crippen molar-refractivity contribution in [3.05, 3.63) is 41.2 Å². The summed E-state index contributed by atoms with van der Waals surface area (Å²) in [5, 5.41) is 0.905. The van der Waals surface area contributed by atoms with Gasteiger partial charge in [0.1, 0.15) is 16.7 Å². The number of benzene rings is 1. The first kappa shape index (κ1) is 12.9. The van der Waals surface area contributed by atoms with Crippen LogP contribution >= 0.6 is 11.8 Å². The van der Waals surface area contributed by atoms with Crippen molar-refractivity contribution in [2.45, 2.75) is 37.1 Å². The van der Waals surface area contributed by atoms with Gasteiger partial charge in [0.15, 0.2) is 0 Å². The van der Waals surface area contributed by atoms with Gasteiger partial charge in [0.25, 0.3) is 0 Å². The van der Waals surface area contributed by atoms with Crippen molar-refractivity contribution in [1.82, 2.24) is 9.97 Å². The van der Waals surface area contributed by atoms with Gasteiger partial charge in [-0.25, -0.2) is 9.97 Å². The van der Waals surface area contributed by atoms with E-state index >= 15 is 0 Å². The molecule has 0 fully saturated rings. The average Bonchev–Trinajstić information content (AvgIpc) is 2.33. The fourth-order valence-corrected chi connectivity index (χ4v) is 2.54. The zero-order valence-corrected chi connectivity index (χ0v) is 11.7. The van der Waals surface area contributed by atoms with Crippen LogP contribution in [0.15, 0.2) is 34.2 Å². The van der Waals surface area contributed by atoms with Crippen LogP contribution in [0.4, 0.5) is 5.82 Å². The SMILES string of the molecule is CCc1nc(N)cc(Sc2ccc(C)c(C)c2)n1. The number of aromatic nitrogens is 2. The second-order valence-electron chi connectivity index (χ2n) is 4.25. The average molecular weight is 259 g/mol. The first-order valence-electron chi connectivity index (χ1n) is 5.97. The van der Waals surface area contributed by atoms with Crippen molar-refractivity contribution < 1.29 is 0 Å². The van der Waals surface area contributed by atoms with Crippen LogP contribution < -0.4 is 5.73 Å². The highest BCUT2D eigenvalue weighted by Crippen LogP contribution is 2.28. The third-order valence-corrected chi connectivity index (χ3v) is 3.69. The first-order chi connectivity index (χ1) is 8.58. The molecule has 0 spiro atoms. The fourth-order valence-electron chi connectivity index (χ4n) is 1.60. The van der Waals surface area contributed by atoms with E-state index in [0.717, 1.165) is 17.3 Å². The molecule has 0 radical (unpaired) electrons. The van der Waals surface area contributed by atoms with Gasteiger partial charge in [0.2, 0.25) is 0 Å². The summed E-state index contributed by atoms with van der Waals surface area (Å²) in [5.74, 6) is 1.33. The van der Waals surface area contributed by atoms with Crippen molar-refractivity contribution >= 4 is 17.6 Å². The van der Waals surface area contributed by atoms with Crippen LogP contribution in [0.5, 0.6) is 0 Å². The van der Waals surface area contributed by atoms with E-state index in [1.54, 1.807) is 11.8 Å². The Bertz CT molecular complexity index is 567. The zero-order valence-electron chi connectivity index (χ0n) is 10.9. The second kappa shape index (κ2) is 5.40. The largest absolute Gasteiger partial charge is 0.384 e. The van der Waals surface area contributed by atoms with E-state index in [0.29, 0.717) is 5.82 Å². The molecule has 0 bridgehead atoms. The van der Waals surface area contributed by atoms with Crippen molar-refractivity contribution in [3.63, 3.8) is 0 Å². The van der Waals surface area contributed by atoms with Crippen LogP contribution in [0, 0.1) is 13.8 Å². The minimum atomic E-state index is 0.535. The van der Waals surface area contributed by atoms with Gasteiger partial charge in [-0.15, -0.1) is 0 Å². The Morgan fingerprint density at radius 1 is 1.11 bits per heavy atom. The van der Waals surface area contributed by atoms with Gasteiger partial charge >= 0.3 is 0 Å². The van der Waals surface area contributed by atoms with E-state index < -0.39 is 0 Å². The van der Waals surface area contributed by atoms with Gasteiger partial charge in [-0.2, -0.15) is 0 Å². The normalized spacial score (nSPS) is 10.6. The summed E-state index contributed by atoms with van der Waals surface area (Å²) in [6.07, 6.45) is 0.797. The lowest BCUT2D eigenvalue weighted by atomic mass is 10.1. The van der Waals surface area contributed by atoms with Crippen molar-refractivity contribution in [2.75, 3.05) is 5.73 Å². The number of rotatable bonds is 3. The van der Waals surface area contributed by atoms with Gasteiger partial charge in [0, 0.05) is 17.4 Å². The molecule has 94 valence electrons. The van der Waals surface area contributed by atoms with Crippen LogP contribution in [0.1, 0.15) is 23.9 Å². The van der Waals surface area contributed by atoms with E-state index in [2.05, 4.69) is 42.0 Å². The molecule has 0 atom stereocenters. The maximum atomic E-state index is 5.78. The van der Waals surface area contributed by atoms with E-state index in [4.69, 9.17) is 5.73 Å². The van der Waals surface area contributed by atoms with E-state index in [-0.39, 0.29) is 0 Å². The Morgan fingerprint density at radius 2 is 1.89 bits per heavy atom. The third kappa shape index (κ3) is 3.01. The molecule has 2 rings (SSSR count). The maximum absolute atomic E-state index is 5.78. The molecule has 0 aliphatic heterocycles. The molecule has 1 aromatic heterocycles. The smallest absolute Gasteiger partial charge is 0.131 e. The van der Waals surface area contributed by atoms with E-state index in [1.807, 2.05) is 13.0 Å². The topological polar surface area (TPSA) is 51.8 Å². The summed E-state index contributed by atoms with van der Waals surface area (Å²) in [6.45, 7) is 6.26. The second-order valence-corrected chi connectivity index (χ2v) is 5.34. The lowest BCUT2D eigenvalue weighted by Gasteiger charge is -2.06. The Balaban J connectivity index is 2.27. The molecule has 4 heteroatoms. The quantitative estimate of drug-likeness (QED) is 0.858. The molecule has 0 saturated carbocycles. The first-order valence-corrected chi connectivity index (χ1v) is 6.78. The maximum Gasteiger partial charge on any atom is 0.131 e. The Kier molecular flexibility index (Phi) is 3.87. The molecule has 1 heterocycles. The molecule has 3 nitrogen and oxygen atoms in total. The molecular formula is C14H17N3S. The zero-order chi connectivity index (χ0) is 13.1. The standard InChI is InChI=1S/C14H17N3S/c1-4-13-16-12(15)8-14(17-13)18-11-6-5-9(2)10(3)7-11/h5-8H,4H2,1-3H3,(H2,15,16,17). The molecule has 2 N–H and O–H groups in total. The lowest BCUT2D eigenvalue weighted by molar-refractivity contribution is 0.894. The summed E-state index contributed by atoms with van der Waals surface area (Å²) in [7, 11) is 0. The van der Waals surface area contributed by atoms with Crippen LogP contribution in [0.2, 0.25) is 0 Å². The predicted molar refractivity (Wildman–Crippen MR) is 75.9 cm³/mol. The minimum Gasteiger partial charge on any atom is -0.384 e. The van der Waals surface area contributed by atoms with Crippen LogP contribution in [0.25, 0.3) is 0 Å². The van der Waals surface area contributed by atoms with Crippen LogP contribution in [-0.2, 0) is 6.42 Å². The number of aryl methyl sites for hydroxylation is 3. The molecule has 0 saturated heterocycles. The molecule has 0 unspecified atom stereocenters. The molecule has 0 aliphatic carbocycles. The number of anilines is 1. The molecular weight excluding hydrogens is 242 g/mol. The third-order valence-electron chi connectivity index (χ3n) is 2.79. The highest BCUT2D eigenvalue weighted by molar-refractivity contribution is 7.99. The highest BCUT2D eigenvalue weighted by Gasteiger charge is 2.04. The molecule has 0 amide bonds. The number of hydrogen-bond acceptors (Lipinski definition) is 4. The van der Waals surface area contributed by atoms with Crippen molar-refractivity contribution in [3.8, 4) is 0 Å². The molecule has 2 aromatic rings. The summed E-state index contributed by atoms with van der Waals surface area (Å²) in [4.78, 5) is 9.83. The monoisotopic (exact) mass is 259 g/mol. The summed E-state index contributed by atoms with van der Waals surface area (Å²) < 4.78 is 0. The molecule has 18 heavy (non-hydrogen) atoms. The summed E-state index contributed by atoms with van der Waals surface area (Å²) in [6, 6.07) is 8.22. The van der Waals surface area contributed by atoms with Crippen LogP contribution in [-0.4, -0.2) is 9.97 Å². The van der Waals surface area contributed by atoms with Gasteiger partial charge in [0.05, 0.1) is 0 Å². The molecule has 0 aliphatic rings. The Morgan fingerprint density at radius 3 is 2.56 bits per heavy atom. The predicted octanol–water partition coefficient (Wildman–Crippen LogP) is 3.39. The van der Waals surface area contributed by atoms with Gasteiger partial charge in [-0.3, -0.25) is 0 Å². The van der Waals surface area contributed by atoms with Gasteiger partial charge < -0.3 is 5.73 Å². The van der Waals surface area contributed by atoms with Crippen molar-refractivity contribution in [1.29, 1.82) is 0 Å². The Hall–Kier alpha value is -1.55. The number of nitrogen functional groups attached to an aromatic ring is 1. The number of hydrogen-bond donors (Lipinski definition) is 1. The minimum absolute atomic E-state index is 0.535. The molecule has 1 aromatic carbocycles. The highest BCUT2D eigenvalue weighted by atomic mass is 32.2. The van der Waals surface area contributed by atoms with E-state index in [9.17, 15) is 0 Å². The number of nitrogens with two attached hydrogens (primary N) is 1.